The Bertz CT molecular complexity index is 497. The molecule has 0 aliphatic rings. The molecule has 0 radical (unpaired) electrons. The van der Waals surface area contributed by atoms with Crippen molar-refractivity contribution < 1.29 is 9.52 Å². The lowest BCUT2D eigenvalue weighted by atomic mass is 10.0. The number of nitrogens with zero attached hydrogens (tertiary/aromatic N) is 1. The lowest BCUT2D eigenvalue weighted by Gasteiger charge is -2.04. The van der Waals surface area contributed by atoms with Crippen LogP contribution in [-0.4, -0.2) is 10.1 Å². The van der Waals surface area contributed by atoms with E-state index < -0.39 is 0 Å². The molecule has 0 saturated heterocycles. The van der Waals surface area contributed by atoms with Gasteiger partial charge < -0.3 is 9.52 Å². The van der Waals surface area contributed by atoms with Crippen molar-refractivity contribution in [1.82, 2.24) is 4.98 Å². The molecule has 2 rings (SSSR count). The highest BCUT2D eigenvalue weighted by molar-refractivity contribution is 5.54. The summed E-state index contributed by atoms with van der Waals surface area (Å²) in [5.41, 5.74) is 2.84. The van der Waals surface area contributed by atoms with E-state index in [9.17, 15) is 0 Å². The summed E-state index contributed by atoms with van der Waals surface area (Å²) in [5.74, 6) is 1.76. The minimum Gasteiger partial charge on any atom is -0.441 e. The fourth-order valence-corrected chi connectivity index (χ4v) is 1.71. The zero-order valence-electron chi connectivity index (χ0n) is 10.4. The second kappa shape index (κ2) is 4.72. The third-order valence-electron chi connectivity index (χ3n) is 2.87. The topological polar surface area (TPSA) is 46.3 Å². The first-order valence-corrected chi connectivity index (χ1v) is 5.79. The van der Waals surface area contributed by atoms with Crippen molar-refractivity contribution in [2.75, 3.05) is 0 Å². The Kier molecular flexibility index (Phi) is 3.29. The van der Waals surface area contributed by atoms with Gasteiger partial charge in [-0.25, -0.2) is 4.98 Å². The molecule has 1 heterocycles. The van der Waals surface area contributed by atoms with Gasteiger partial charge in [-0.2, -0.15) is 0 Å². The van der Waals surface area contributed by atoms with Crippen LogP contribution in [-0.2, 0) is 6.61 Å². The Balaban J connectivity index is 2.33. The van der Waals surface area contributed by atoms with Gasteiger partial charge in [0, 0.05) is 5.56 Å². The first kappa shape index (κ1) is 11.9. The van der Waals surface area contributed by atoms with Crippen molar-refractivity contribution in [3.05, 3.63) is 41.3 Å². The van der Waals surface area contributed by atoms with E-state index in [-0.39, 0.29) is 6.61 Å². The van der Waals surface area contributed by atoms with Crippen LogP contribution in [0.1, 0.15) is 36.8 Å². The number of oxazole rings is 1. The Hall–Kier alpha value is -1.61. The summed E-state index contributed by atoms with van der Waals surface area (Å²) in [6.45, 7) is 6.05. The summed E-state index contributed by atoms with van der Waals surface area (Å²) < 4.78 is 5.52. The molecule has 0 spiro atoms. The number of hydrogen-bond donors (Lipinski definition) is 1. The van der Waals surface area contributed by atoms with E-state index in [1.807, 2.05) is 19.1 Å². The Morgan fingerprint density at radius 2 is 1.88 bits per heavy atom. The van der Waals surface area contributed by atoms with Gasteiger partial charge in [-0.3, -0.25) is 0 Å². The van der Waals surface area contributed by atoms with E-state index in [1.165, 1.54) is 5.56 Å². The van der Waals surface area contributed by atoms with Crippen molar-refractivity contribution in [1.29, 1.82) is 0 Å². The highest BCUT2D eigenvalue weighted by Crippen LogP contribution is 2.24. The minimum atomic E-state index is -0.0839. The second-order valence-corrected chi connectivity index (χ2v) is 4.46. The number of rotatable bonds is 3. The van der Waals surface area contributed by atoms with Crippen molar-refractivity contribution >= 4 is 0 Å². The summed E-state index contributed by atoms with van der Waals surface area (Å²) in [6, 6.07) is 8.17. The predicted octanol–water partition coefficient (Wildman–Crippen LogP) is 3.27. The molecule has 0 aliphatic heterocycles. The summed E-state index contributed by atoms with van der Waals surface area (Å²) in [6.07, 6.45) is 0. The van der Waals surface area contributed by atoms with Gasteiger partial charge in [0.15, 0.2) is 0 Å². The standard InChI is InChI=1S/C14H17NO2/c1-9(2)11-4-6-12(7-5-11)14-15-13(8-16)10(3)17-14/h4-7,9,16H,8H2,1-3H3. The molecule has 1 aromatic heterocycles. The van der Waals surface area contributed by atoms with Crippen LogP contribution in [0.3, 0.4) is 0 Å². The molecule has 0 fully saturated rings. The average Bonchev–Trinajstić information content (AvgIpc) is 2.70. The molecule has 3 nitrogen and oxygen atoms in total. The summed E-state index contributed by atoms with van der Waals surface area (Å²) in [7, 11) is 0. The Morgan fingerprint density at radius 3 is 2.35 bits per heavy atom. The van der Waals surface area contributed by atoms with Crippen LogP contribution in [0.25, 0.3) is 11.5 Å². The lowest BCUT2D eigenvalue weighted by Crippen LogP contribution is -1.87. The smallest absolute Gasteiger partial charge is 0.226 e. The maximum absolute atomic E-state index is 9.07. The van der Waals surface area contributed by atoms with Crippen molar-refractivity contribution in [3.8, 4) is 11.5 Å². The first-order valence-electron chi connectivity index (χ1n) is 5.79. The molecule has 2 aromatic rings. The SMILES string of the molecule is Cc1oc(-c2ccc(C(C)C)cc2)nc1CO. The van der Waals surface area contributed by atoms with Crippen molar-refractivity contribution in [2.24, 2.45) is 0 Å². The van der Waals surface area contributed by atoms with Crippen LogP contribution < -0.4 is 0 Å². The second-order valence-electron chi connectivity index (χ2n) is 4.46. The number of aromatic nitrogens is 1. The lowest BCUT2D eigenvalue weighted by molar-refractivity contribution is 0.275. The van der Waals surface area contributed by atoms with Crippen LogP contribution in [0.15, 0.2) is 28.7 Å². The Morgan fingerprint density at radius 1 is 1.24 bits per heavy atom. The largest absolute Gasteiger partial charge is 0.441 e. The van der Waals surface area contributed by atoms with Gasteiger partial charge in [-0.05, 0) is 30.5 Å². The summed E-state index contributed by atoms with van der Waals surface area (Å²) in [4.78, 5) is 4.26. The molecule has 0 unspecified atom stereocenters. The minimum absolute atomic E-state index is 0.0839. The van der Waals surface area contributed by atoms with Crippen molar-refractivity contribution in [3.63, 3.8) is 0 Å². The molecular formula is C14H17NO2. The normalized spacial score (nSPS) is 11.1. The van der Waals surface area contributed by atoms with E-state index in [1.54, 1.807) is 0 Å². The molecule has 0 bridgehead atoms. The molecule has 1 aromatic carbocycles. The van der Waals surface area contributed by atoms with E-state index >= 15 is 0 Å². The molecule has 3 heteroatoms. The van der Waals surface area contributed by atoms with Crippen LogP contribution in [0, 0.1) is 6.92 Å². The van der Waals surface area contributed by atoms with Gasteiger partial charge in [-0.15, -0.1) is 0 Å². The molecule has 17 heavy (non-hydrogen) atoms. The number of aliphatic hydroxyl groups excluding tert-OH is 1. The van der Waals surface area contributed by atoms with Gasteiger partial charge in [-0.1, -0.05) is 26.0 Å². The number of benzene rings is 1. The number of hydrogen-bond acceptors (Lipinski definition) is 3. The van der Waals surface area contributed by atoms with Gasteiger partial charge in [0.1, 0.15) is 11.5 Å². The fraction of sp³-hybridized carbons (Fsp3) is 0.357. The van der Waals surface area contributed by atoms with Crippen LogP contribution in [0.4, 0.5) is 0 Å². The van der Waals surface area contributed by atoms with E-state index in [2.05, 4.69) is 31.0 Å². The number of aliphatic hydroxyl groups is 1. The maximum Gasteiger partial charge on any atom is 0.226 e. The van der Waals surface area contributed by atoms with E-state index in [0.717, 1.165) is 5.56 Å². The number of aryl methyl sites for hydroxylation is 1. The van der Waals surface area contributed by atoms with Crippen LogP contribution in [0.2, 0.25) is 0 Å². The molecule has 90 valence electrons. The summed E-state index contributed by atoms with van der Waals surface area (Å²) in [5, 5.41) is 9.07. The fourth-order valence-electron chi connectivity index (χ4n) is 1.71. The molecule has 1 N–H and O–H groups in total. The maximum atomic E-state index is 9.07. The quantitative estimate of drug-likeness (QED) is 0.881. The average molecular weight is 231 g/mol. The van der Waals surface area contributed by atoms with Gasteiger partial charge in [0.2, 0.25) is 5.89 Å². The molecule has 0 amide bonds. The zero-order chi connectivity index (χ0) is 12.4. The predicted molar refractivity (Wildman–Crippen MR) is 66.7 cm³/mol. The third kappa shape index (κ3) is 2.39. The molecule has 0 saturated carbocycles. The monoisotopic (exact) mass is 231 g/mol. The van der Waals surface area contributed by atoms with E-state index in [0.29, 0.717) is 23.3 Å². The van der Waals surface area contributed by atoms with Crippen LogP contribution in [0.5, 0.6) is 0 Å². The van der Waals surface area contributed by atoms with Gasteiger partial charge in [0.25, 0.3) is 0 Å². The third-order valence-corrected chi connectivity index (χ3v) is 2.87. The highest BCUT2D eigenvalue weighted by Gasteiger charge is 2.10. The van der Waals surface area contributed by atoms with Gasteiger partial charge in [0.05, 0.1) is 6.61 Å². The summed E-state index contributed by atoms with van der Waals surface area (Å²) >= 11 is 0. The molecular weight excluding hydrogens is 214 g/mol. The highest BCUT2D eigenvalue weighted by atomic mass is 16.4. The van der Waals surface area contributed by atoms with Crippen molar-refractivity contribution in [2.45, 2.75) is 33.3 Å². The van der Waals surface area contributed by atoms with Gasteiger partial charge >= 0.3 is 0 Å². The van der Waals surface area contributed by atoms with Crippen LogP contribution >= 0.6 is 0 Å². The first-order chi connectivity index (χ1) is 8.11. The molecule has 0 atom stereocenters. The Labute approximate surface area is 101 Å². The van der Waals surface area contributed by atoms with E-state index in [4.69, 9.17) is 9.52 Å². The molecule has 0 aliphatic carbocycles. The zero-order valence-corrected chi connectivity index (χ0v) is 10.4.